The van der Waals surface area contributed by atoms with Crippen LogP contribution in [0.15, 0.2) is 0 Å². The monoisotopic (exact) mass is 283 g/mol. The number of likely N-dealkylation sites (N-methyl/N-ethyl adjacent to an activating group) is 4. The van der Waals surface area contributed by atoms with Crippen LogP contribution in [0.4, 0.5) is 9.59 Å². The maximum atomic E-state index is 12.9. The Morgan fingerprint density at radius 3 is 1.75 bits per heavy atom. The van der Waals surface area contributed by atoms with Crippen LogP contribution in [0.3, 0.4) is 0 Å². The summed E-state index contributed by atoms with van der Waals surface area (Å²) in [6, 6.07) is 0.234. The Morgan fingerprint density at radius 2 is 1.35 bits per heavy atom. The topological polar surface area (TPSA) is 43.9 Å². The molecule has 2 atom stereocenters. The standard InChI is InChI=1S/C14H27N4O2/c1-6-15-11-12(17(8-3)13(15)19)18(9-4,10-5)14(20)16(11)7-2/h11-12H,6-10H2,1-5H3/q+1. The van der Waals surface area contributed by atoms with E-state index in [1.807, 2.05) is 49.3 Å². The Labute approximate surface area is 121 Å². The zero-order valence-corrected chi connectivity index (χ0v) is 13.3. The average Bonchev–Trinajstić information content (AvgIpc) is 2.87. The highest BCUT2D eigenvalue weighted by Crippen LogP contribution is 2.39. The van der Waals surface area contributed by atoms with Gasteiger partial charge in [0.15, 0.2) is 6.17 Å². The third-order valence-corrected chi connectivity index (χ3v) is 5.00. The van der Waals surface area contributed by atoms with Gasteiger partial charge in [-0.3, -0.25) is 14.7 Å². The predicted octanol–water partition coefficient (Wildman–Crippen LogP) is 1.73. The molecule has 2 aliphatic heterocycles. The van der Waals surface area contributed by atoms with E-state index in [0.717, 1.165) is 13.1 Å². The Kier molecular flexibility index (Phi) is 3.95. The summed E-state index contributed by atoms with van der Waals surface area (Å²) < 4.78 is 0.370. The van der Waals surface area contributed by atoms with E-state index in [1.54, 1.807) is 0 Å². The summed E-state index contributed by atoms with van der Waals surface area (Å²) in [5.41, 5.74) is 0. The van der Waals surface area contributed by atoms with Crippen molar-refractivity contribution in [3.63, 3.8) is 0 Å². The molecule has 2 unspecified atom stereocenters. The van der Waals surface area contributed by atoms with Crippen LogP contribution in [-0.4, -0.2) is 76.3 Å². The van der Waals surface area contributed by atoms with Crippen molar-refractivity contribution in [2.75, 3.05) is 32.7 Å². The molecule has 6 heteroatoms. The van der Waals surface area contributed by atoms with Crippen LogP contribution in [0.1, 0.15) is 34.6 Å². The van der Waals surface area contributed by atoms with Gasteiger partial charge in [0.2, 0.25) is 6.17 Å². The van der Waals surface area contributed by atoms with Gasteiger partial charge < -0.3 is 0 Å². The van der Waals surface area contributed by atoms with Gasteiger partial charge in [-0.05, 0) is 34.6 Å². The molecule has 4 amide bonds. The van der Waals surface area contributed by atoms with Crippen LogP contribution in [0, 0.1) is 0 Å². The van der Waals surface area contributed by atoms with Gasteiger partial charge in [-0.2, -0.15) is 0 Å². The molecule has 0 spiro atoms. The fourth-order valence-electron chi connectivity index (χ4n) is 3.88. The van der Waals surface area contributed by atoms with Crippen molar-refractivity contribution in [3.8, 4) is 0 Å². The van der Waals surface area contributed by atoms with Gasteiger partial charge >= 0.3 is 12.1 Å². The number of urea groups is 2. The lowest BCUT2D eigenvalue weighted by atomic mass is 10.2. The molecule has 2 rings (SSSR count). The SMILES string of the molecule is CCN1C(=O)N(CC)C2C1N(CC)C(=O)[N+]2(CC)CC. The number of fused-ring (bicyclic) bond motifs is 1. The van der Waals surface area contributed by atoms with Gasteiger partial charge in [0.1, 0.15) is 0 Å². The molecular formula is C14H27N4O2+. The Balaban J connectivity index is 2.55. The Hall–Kier alpha value is -1.30. The van der Waals surface area contributed by atoms with Crippen LogP contribution in [0.5, 0.6) is 0 Å². The van der Waals surface area contributed by atoms with Crippen LogP contribution < -0.4 is 0 Å². The first kappa shape index (κ1) is 15.1. The van der Waals surface area contributed by atoms with Crippen LogP contribution in [0.25, 0.3) is 0 Å². The minimum atomic E-state index is -0.107. The fourth-order valence-corrected chi connectivity index (χ4v) is 3.88. The van der Waals surface area contributed by atoms with Crippen molar-refractivity contribution in [2.45, 2.75) is 47.0 Å². The number of amides is 4. The van der Waals surface area contributed by atoms with E-state index in [4.69, 9.17) is 0 Å². The van der Waals surface area contributed by atoms with E-state index in [9.17, 15) is 9.59 Å². The van der Waals surface area contributed by atoms with Gasteiger partial charge in [0.05, 0.1) is 13.1 Å². The highest BCUT2D eigenvalue weighted by Gasteiger charge is 2.67. The molecule has 20 heavy (non-hydrogen) atoms. The van der Waals surface area contributed by atoms with Gasteiger partial charge in [0.25, 0.3) is 0 Å². The van der Waals surface area contributed by atoms with Crippen molar-refractivity contribution >= 4 is 12.1 Å². The molecule has 0 saturated carbocycles. The van der Waals surface area contributed by atoms with Crippen molar-refractivity contribution in [1.29, 1.82) is 0 Å². The number of carbonyl (C=O) groups is 2. The normalized spacial score (nSPS) is 28.6. The molecule has 0 bridgehead atoms. The summed E-state index contributed by atoms with van der Waals surface area (Å²) in [5.74, 6) is 0. The molecule has 2 heterocycles. The van der Waals surface area contributed by atoms with E-state index in [1.165, 1.54) is 0 Å². The molecule has 2 aliphatic rings. The summed E-state index contributed by atoms with van der Waals surface area (Å²) in [6.45, 7) is 13.5. The van der Waals surface area contributed by atoms with Crippen molar-refractivity contribution in [1.82, 2.24) is 14.7 Å². The second-order valence-electron chi connectivity index (χ2n) is 5.42. The van der Waals surface area contributed by atoms with Crippen LogP contribution >= 0.6 is 0 Å². The number of rotatable bonds is 5. The highest BCUT2D eigenvalue weighted by atomic mass is 16.2. The molecule has 2 saturated heterocycles. The number of carbonyl (C=O) groups excluding carboxylic acids is 2. The smallest absolute Gasteiger partial charge is 0.297 e. The molecule has 0 aromatic rings. The summed E-state index contributed by atoms with van der Waals surface area (Å²) in [7, 11) is 0. The van der Waals surface area contributed by atoms with Gasteiger partial charge in [-0.1, -0.05) is 0 Å². The van der Waals surface area contributed by atoms with E-state index in [-0.39, 0.29) is 24.4 Å². The minimum absolute atomic E-state index is 0.0603. The lowest BCUT2D eigenvalue weighted by Gasteiger charge is -2.36. The second-order valence-corrected chi connectivity index (χ2v) is 5.42. The van der Waals surface area contributed by atoms with Crippen LogP contribution in [-0.2, 0) is 0 Å². The van der Waals surface area contributed by atoms with Gasteiger partial charge in [0, 0.05) is 19.6 Å². The molecule has 6 nitrogen and oxygen atoms in total. The number of hydrogen-bond donors (Lipinski definition) is 0. The first-order valence-corrected chi connectivity index (χ1v) is 7.79. The van der Waals surface area contributed by atoms with Crippen molar-refractivity contribution in [2.24, 2.45) is 0 Å². The van der Waals surface area contributed by atoms with E-state index in [2.05, 4.69) is 0 Å². The minimum Gasteiger partial charge on any atom is -0.297 e. The lowest BCUT2D eigenvalue weighted by molar-refractivity contribution is -0.874. The maximum absolute atomic E-state index is 12.9. The first-order chi connectivity index (χ1) is 9.53. The zero-order chi connectivity index (χ0) is 15.1. The molecule has 114 valence electrons. The molecular weight excluding hydrogens is 256 g/mol. The third-order valence-electron chi connectivity index (χ3n) is 5.00. The molecule has 0 radical (unpaired) electrons. The van der Waals surface area contributed by atoms with Crippen molar-refractivity contribution in [3.05, 3.63) is 0 Å². The van der Waals surface area contributed by atoms with E-state index < -0.39 is 0 Å². The molecule has 0 N–H and O–H groups in total. The lowest BCUT2D eigenvalue weighted by Crippen LogP contribution is -2.61. The Bertz CT molecular complexity index is 406. The van der Waals surface area contributed by atoms with Gasteiger partial charge in [-0.15, -0.1) is 0 Å². The molecule has 2 fully saturated rings. The third kappa shape index (κ3) is 1.60. The van der Waals surface area contributed by atoms with Crippen LogP contribution in [0.2, 0.25) is 0 Å². The quantitative estimate of drug-likeness (QED) is 0.721. The summed E-state index contributed by atoms with van der Waals surface area (Å²) >= 11 is 0. The summed E-state index contributed by atoms with van der Waals surface area (Å²) in [5, 5.41) is 0. The molecule has 0 aromatic carbocycles. The number of quaternary nitrogens is 1. The maximum Gasteiger partial charge on any atom is 0.422 e. The zero-order valence-electron chi connectivity index (χ0n) is 13.3. The summed E-state index contributed by atoms with van der Waals surface area (Å²) in [4.78, 5) is 31.1. The molecule has 0 aromatic heterocycles. The Morgan fingerprint density at radius 1 is 0.850 bits per heavy atom. The predicted molar refractivity (Wildman–Crippen MR) is 76.9 cm³/mol. The average molecular weight is 283 g/mol. The van der Waals surface area contributed by atoms with E-state index in [0.29, 0.717) is 24.1 Å². The number of nitrogens with zero attached hydrogens (tertiary/aromatic N) is 4. The largest absolute Gasteiger partial charge is 0.422 e. The summed E-state index contributed by atoms with van der Waals surface area (Å²) in [6.07, 6.45) is -0.167. The fraction of sp³-hybridized carbons (Fsp3) is 0.857. The number of hydrogen-bond acceptors (Lipinski definition) is 2. The second kappa shape index (κ2) is 5.24. The first-order valence-electron chi connectivity index (χ1n) is 7.79. The van der Waals surface area contributed by atoms with E-state index >= 15 is 0 Å². The van der Waals surface area contributed by atoms with Gasteiger partial charge in [-0.25, -0.2) is 14.1 Å². The highest BCUT2D eigenvalue weighted by molar-refractivity contribution is 5.81. The van der Waals surface area contributed by atoms with Crippen molar-refractivity contribution < 1.29 is 14.1 Å². The molecule has 0 aliphatic carbocycles.